The van der Waals surface area contributed by atoms with Crippen LogP contribution < -0.4 is 14.8 Å². The molecule has 1 N–H and O–H groups in total. The second-order valence-corrected chi connectivity index (χ2v) is 6.02. The van der Waals surface area contributed by atoms with Crippen LogP contribution in [0.4, 0.5) is 8.78 Å². The van der Waals surface area contributed by atoms with E-state index in [2.05, 4.69) is 5.32 Å². The fraction of sp³-hybridized carbons (Fsp3) is 0.263. The Balaban J connectivity index is 1.82. The number of methoxy groups -OCH3 is 2. The molecule has 0 unspecified atom stereocenters. The molecule has 6 nitrogen and oxygen atoms in total. The summed E-state index contributed by atoms with van der Waals surface area (Å²) in [6.45, 7) is -0.294. The second-order valence-electron chi connectivity index (χ2n) is 5.61. The van der Waals surface area contributed by atoms with Crippen LogP contribution in [0.1, 0.15) is 15.9 Å². The van der Waals surface area contributed by atoms with Crippen molar-refractivity contribution in [2.24, 2.45) is 0 Å². The molecule has 0 radical (unpaired) electrons. The Labute approximate surface area is 165 Å². The van der Waals surface area contributed by atoms with Crippen LogP contribution in [-0.2, 0) is 16.0 Å². The van der Waals surface area contributed by atoms with Crippen LogP contribution in [0.15, 0.2) is 30.3 Å². The van der Waals surface area contributed by atoms with Crippen molar-refractivity contribution in [3.8, 4) is 11.5 Å². The largest absolute Gasteiger partial charge is 0.493 e. The lowest BCUT2D eigenvalue weighted by molar-refractivity contribution is -0.124. The van der Waals surface area contributed by atoms with E-state index in [-0.39, 0.29) is 17.1 Å². The Kier molecular flexibility index (Phi) is 7.57. The molecule has 0 spiro atoms. The summed E-state index contributed by atoms with van der Waals surface area (Å²) < 4.78 is 41.4. The van der Waals surface area contributed by atoms with Crippen molar-refractivity contribution in [1.82, 2.24) is 5.32 Å². The van der Waals surface area contributed by atoms with Gasteiger partial charge in [-0.2, -0.15) is 0 Å². The monoisotopic (exact) mass is 413 g/mol. The van der Waals surface area contributed by atoms with Crippen molar-refractivity contribution < 1.29 is 32.6 Å². The number of rotatable bonds is 8. The van der Waals surface area contributed by atoms with Crippen molar-refractivity contribution in [2.45, 2.75) is 6.42 Å². The van der Waals surface area contributed by atoms with Gasteiger partial charge in [0.25, 0.3) is 5.91 Å². The molecular weight excluding hydrogens is 396 g/mol. The van der Waals surface area contributed by atoms with E-state index in [1.807, 2.05) is 6.07 Å². The van der Waals surface area contributed by atoms with E-state index < -0.39 is 30.1 Å². The lowest BCUT2D eigenvalue weighted by Crippen LogP contribution is -2.30. The minimum atomic E-state index is -1.24. The van der Waals surface area contributed by atoms with Crippen LogP contribution in [0.3, 0.4) is 0 Å². The number of hydrogen-bond donors (Lipinski definition) is 1. The van der Waals surface area contributed by atoms with E-state index in [0.29, 0.717) is 30.1 Å². The summed E-state index contributed by atoms with van der Waals surface area (Å²) in [7, 11) is 3.06. The first-order valence-corrected chi connectivity index (χ1v) is 8.52. The third kappa shape index (κ3) is 5.56. The highest BCUT2D eigenvalue weighted by molar-refractivity contribution is 6.33. The van der Waals surface area contributed by atoms with Gasteiger partial charge in [-0.25, -0.2) is 13.6 Å². The average Bonchev–Trinajstić information content (AvgIpc) is 2.68. The van der Waals surface area contributed by atoms with Gasteiger partial charge in [0.15, 0.2) is 29.7 Å². The topological polar surface area (TPSA) is 73.9 Å². The predicted octanol–water partition coefficient (Wildman–Crippen LogP) is 3.15. The second kappa shape index (κ2) is 9.89. The van der Waals surface area contributed by atoms with Gasteiger partial charge >= 0.3 is 5.97 Å². The Morgan fingerprint density at radius 1 is 1.04 bits per heavy atom. The number of hydrogen-bond acceptors (Lipinski definition) is 5. The maximum Gasteiger partial charge on any atom is 0.340 e. The van der Waals surface area contributed by atoms with E-state index in [1.54, 1.807) is 12.1 Å². The number of carbonyl (C=O) groups excluding carboxylic acids is 2. The molecule has 0 aliphatic carbocycles. The number of esters is 1. The van der Waals surface area contributed by atoms with Gasteiger partial charge in [0.05, 0.1) is 24.8 Å². The molecule has 0 bridgehead atoms. The molecular formula is C19H18ClF2NO5. The van der Waals surface area contributed by atoms with Crippen molar-refractivity contribution >= 4 is 23.5 Å². The predicted molar refractivity (Wildman–Crippen MR) is 97.9 cm³/mol. The quantitative estimate of drug-likeness (QED) is 0.531. The minimum absolute atomic E-state index is 0.289. The molecule has 0 heterocycles. The highest BCUT2D eigenvalue weighted by atomic mass is 35.5. The highest BCUT2D eigenvalue weighted by Crippen LogP contribution is 2.27. The first-order chi connectivity index (χ1) is 13.3. The van der Waals surface area contributed by atoms with Crippen molar-refractivity contribution in [3.63, 3.8) is 0 Å². The third-order valence-corrected chi connectivity index (χ3v) is 4.06. The maximum absolute atomic E-state index is 13.2. The van der Waals surface area contributed by atoms with Crippen molar-refractivity contribution in [3.05, 3.63) is 58.1 Å². The first kappa shape index (κ1) is 21.4. The zero-order valence-corrected chi connectivity index (χ0v) is 15.9. The number of nitrogens with one attached hydrogen (secondary N) is 1. The summed E-state index contributed by atoms with van der Waals surface area (Å²) in [5, 5.41) is 2.28. The molecule has 1 amide bonds. The van der Waals surface area contributed by atoms with Crippen LogP contribution >= 0.6 is 11.6 Å². The van der Waals surface area contributed by atoms with E-state index in [4.69, 9.17) is 25.8 Å². The van der Waals surface area contributed by atoms with Crippen molar-refractivity contribution in [1.29, 1.82) is 0 Å². The molecule has 0 aliphatic heterocycles. The number of ether oxygens (including phenoxy) is 3. The smallest absolute Gasteiger partial charge is 0.340 e. The standard InChI is InChI=1S/C19H18ClF2NO5/c1-26-16-4-3-11(7-17(16)27-2)5-6-23-18(24)10-28-19(25)12-8-14(21)15(22)9-13(12)20/h3-4,7-9H,5-6,10H2,1-2H3,(H,23,24). The molecule has 0 atom stereocenters. The van der Waals surface area contributed by atoms with E-state index in [0.717, 1.165) is 5.56 Å². The van der Waals surface area contributed by atoms with Gasteiger partial charge in [-0.05, 0) is 36.2 Å². The van der Waals surface area contributed by atoms with Crippen LogP contribution in [-0.4, -0.2) is 39.2 Å². The van der Waals surface area contributed by atoms with E-state index in [1.165, 1.54) is 14.2 Å². The van der Waals surface area contributed by atoms with Crippen LogP contribution in [0.2, 0.25) is 5.02 Å². The highest BCUT2D eigenvalue weighted by Gasteiger charge is 2.17. The molecule has 2 aromatic carbocycles. The fourth-order valence-electron chi connectivity index (χ4n) is 2.32. The lowest BCUT2D eigenvalue weighted by atomic mass is 10.1. The minimum Gasteiger partial charge on any atom is -0.493 e. The number of benzene rings is 2. The Morgan fingerprint density at radius 3 is 2.39 bits per heavy atom. The molecule has 2 rings (SSSR count). The summed E-state index contributed by atoms with van der Waals surface area (Å²) in [5.74, 6) is -2.83. The molecule has 150 valence electrons. The number of halogens is 3. The summed E-state index contributed by atoms with van der Waals surface area (Å²) >= 11 is 5.68. The Bertz CT molecular complexity index is 876. The molecule has 28 heavy (non-hydrogen) atoms. The average molecular weight is 414 g/mol. The zero-order valence-electron chi connectivity index (χ0n) is 15.2. The number of carbonyl (C=O) groups is 2. The Morgan fingerprint density at radius 2 is 1.71 bits per heavy atom. The van der Waals surface area contributed by atoms with Gasteiger partial charge in [0, 0.05) is 6.54 Å². The summed E-state index contributed by atoms with van der Waals surface area (Å²) in [4.78, 5) is 23.7. The van der Waals surface area contributed by atoms with Gasteiger partial charge in [0.1, 0.15) is 0 Å². The molecule has 0 fully saturated rings. The van der Waals surface area contributed by atoms with Crippen LogP contribution in [0.25, 0.3) is 0 Å². The normalized spacial score (nSPS) is 10.3. The van der Waals surface area contributed by atoms with Crippen LogP contribution in [0.5, 0.6) is 11.5 Å². The van der Waals surface area contributed by atoms with Gasteiger partial charge in [-0.1, -0.05) is 17.7 Å². The SMILES string of the molecule is COc1ccc(CCNC(=O)COC(=O)c2cc(F)c(F)cc2Cl)cc1OC. The van der Waals surface area contributed by atoms with Gasteiger partial charge in [-0.15, -0.1) is 0 Å². The van der Waals surface area contributed by atoms with Crippen molar-refractivity contribution in [2.75, 3.05) is 27.4 Å². The van der Waals surface area contributed by atoms with Gasteiger partial charge < -0.3 is 19.5 Å². The summed E-state index contributed by atoms with van der Waals surface area (Å²) in [5.41, 5.74) is 0.544. The van der Waals surface area contributed by atoms with Crippen LogP contribution in [0, 0.1) is 11.6 Å². The molecule has 2 aromatic rings. The van der Waals surface area contributed by atoms with Gasteiger partial charge in [-0.3, -0.25) is 4.79 Å². The maximum atomic E-state index is 13.2. The van der Waals surface area contributed by atoms with E-state index >= 15 is 0 Å². The summed E-state index contributed by atoms with van der Waals surface area (Å²) in [6.07, 6.45) is 0.509. The third-order valence-electron chi connectivity index (χ3n) is 3.75. The fourth-order valence-corrected chi connectivity index (χ4v) is 2.55. The first-order valence-electron chi connectivity index (χ1n) is 8.15. The van der Waals surface area contributed by atoms with Gasteiger partial charge in [0.2, 0.25) is 0 Å². The molecule has 0 aromatic heterocycles. The van der Waals surface area contributed by atoms with E-state index in [9.17, 15) is 18.4 Å². The Hall–Kier alpha value is -2.87. The molecule has 0 saturated heterocycles. The lowest BCUT2D eigenvalue weighted by Gasteiger charge is -2.10. The summed E-state index contributed by atoms with van der Waals surface area (Å²) in [6, 6.07) is 6.66. The molecule has 0 aliphatic rings. The molecule has 0 saturated carbocycles. The number of amides is 1. The molecule has 9 heteroatoms. The zero-order chi connectivity index (χ0) is 20.7.